The van der Waals surface area contributed by atoms with Crippen molar-refractivity contribution in [2.24, 2.45) is 0 Å². The molecule has 0 radical (unpaired) electrons. The number of likely N-dealkylation sites (N-methyl/N-ethyl adjacent to an activating group) is 1. The standard InChI is InChI=1S/C11H22N2.C2H7N/c1-5-8-11(6-2)12-9-10-13(4)7-3;1-3-2/h5-6,8,12H,7,9-10H2,1-4H3;3H,1-2H3/b8-5-,11-6+;. The van der Waals surface area contributed by atoms with E-state index in [1.165, 1.54) is 5.70 Å². The lowest BCUT2D eigenvalue weighted by atomic mass is 10.3. The lowest BCUT2D eigenvalue weighted by Gasteiger charge is -2.14. The average Bonchev–Trinajstić information content (AvgIpc) is 2.28. The van der Waals surface area contributed by atoms with Crippen molar-refractivity contribution < 1.29 is 0 Å². The molecule has 0 aliphatic heterocycles. The number of allylic oxidation sites excluding steroid dienone is 3. The van der Waals surface area contributed by atoms with Crippen LogP contribution in [0, 0.1) is 0 Å². The van der Waals surface area contributed by atoms with Crippen molar-refractivity contribution in [3.8, 4) is 0 Å². The van der Waals surface area contributed by atoms with Crippen LogP contribution in [0.25, 0.3) is 0 Å². The van der Waals surface area contributed by atoms with Gasteiger partial charge in [-0.15, -0.1) is 0 Å². The Labute approximate surface area is 102 Å². The Balaban J connectivity index is 0. The molecule has 0 aliphatic rings. The SMILES string of the molecule is C/C=C\C(=C/C)NCCN(C)CC.CNC. The van der Waals surface area contributed by atoms with Crippen LogP contribution in [0.2, 0.25) is 0 Å². The molecule has 3 nitrogen and oxygen atoms in total. The van der Waals surface area contributed by atoms with Gasteiger partial charge in [0.1, 0.15) is 0 Å². The Bertz CT molecular complexity index is 186. The summed E-state index contributed by atoms with van der Waals surface area (Å²) in [5.74, 6) is 0. The summed E-state index contributed by atoms with van der Waals surface area (Å²) in [4.78, 5) is 2.29. The second-order valence-electron chi connectivity index (χ2n) is 3.57. The Kier molecular flexibility index (Phi) is 15.6. The molecular weight excluding hydrogens is 198 g/mol. The largest absolute Gasteiger partial charge is 0.384 e. The van der Waals surface area contributed by atoms with Crippen LogP contribution in [0.15, 0.2) is 23.9 Å². The van der Waals surface area contributed by atoms with E-state index >= 15 is 0 Å². The second kappa shape index (κ2) is 14.2. The van der Waals surface area contributed by atoms with Crippen molar-refractivity contribution in [2.45, 2.75) is 20.8 Å². The minimum absolute atomic E-state index is 1.01. The van der Waals surface area contributed by atoms with Crippen molar-refractivity contribution in [2.75, 3.05) is 40.8 Å². The van der Waals surface area contributed by atoms with E-state index in [9.17, 15) is 0 Å². The van der Waals surface area contributed by atoms with Crippen LogP contribution in [0.5, 0.6) is 0 Å². The molecule has 0 atom stereocenters. The third-order valence-electron chi connectivity index (χ3n) is 2.02. The van der Waals surface area contributed by atoms with Gasteiger partial charge in [0.2, 0.25) is 0 Å². The third kappa shape index (κ3) is 13.2. The number of rotatable bonds is 6. The van der Waals surface area contributed by atoms with Gasteiger partial charge in [-0.05, 0) is 47.6 Å². The Morgan fingerprint density at radius 1 is 1.25 bits per heavy atom. The van der Waals surface area contributed by atoms with Gasteiger partial charge in [0, 0.05) is 18.8 Å². The summed E-state index contributed by atoms with van der Waals surface area (Å²) < 4.78 is 0. The zero-order chi connectivity index (χ0) is 12.8. The molecule has 0 heterocycles. The van der Waals surface area contributed by atoms with E-state index in [4.69, 9.17) is 0 Å². The van der Waals surface area contributed by atoms with Crippen molar-refractivity contribution in [1.82, 2.24) is 15.5 Å². The van der Waals surface area contributed by atoms with Crippen LogP contribution in [0.1, 0.15) is 20.8 Å². The highest BCUT2D eigenvalue weighted by molar-refractivity contribution is 5.14. The molecule has 0 rings (SSSR count). The summed E-state index contributed by atoms with van der Waals surface area (Å²) in [7, 11) is 5.88. The van der Waals surface area contributed by atoms with Crippen molar-refractivity contribution in [3.05, 3.63) is 23.9 Å². The normalized spacial score (nSPS) is 11.6. The Hall–Kier alpha value is -0.800. The maximum atomic E-state index is 3.37. The van der Waals surface area contributed by atoms with E-state index in [1.807, 2.05) is 34.0 Å². The van der Waals surface area contributed by atoms with Crippen molar-refractivity contribution in [1.29, 1.82) is 0 Å². The highest BCUT2D eigenvalue weighted by Crippen LogP contribution is 1.90. The average molecular weight is 227 g/mol. The first-order valence-corrected chi connectivity index (χ1v) is 5.96. The summed E-state index contributed by atoms with van der Waals surface area (Å²) in [5.41, 5.74) is 1.20. The third-order valence-corrected chi connectivity index (χ3v) is 2.02. The molecule has 2 N–H and O–H groups in total. The molecular formula is C13H29N3. The molecule has 0 aromatic heterocycles. The molecule has 96 valence electrons. The molecule has 0 saturated heterocycles. The van der Waals surface area contributed by atoms with Gasteiger partial charge in [-0.3, -0.25) is 0 Å². The predicted octanol–water partition coefficient (Wildman–Crippen LogP) is 1.84. The van der Waals surface area contributed by atoms with Gasteiger partial charge in [0.15, 0.2) is 0 Å². The number of hydrogen-bond donors (Lipinski definition) is 2. The monoisotopic (exact) mass is 227 g/mol. The maximum Gasteiger partial charge on any atom is 0.0293 e. The van der Waals surface area contributed by atoms with Gasteiger partial charge in [-0.2, -0.15) is 0 Å². The van der Waals surface area contributed by atoms with Crippen LogP contribution in [-0.4, -0.2) is 45.7 Å². The zero-order valence-corrected chi connectivity index (χ0v) is 11.8. The Morgan fingerprint density at radius 2 is 1.81 bits per heavy atom. The molecule has 0 aromatic carbocycles. The molecule has 0 aliphatic carbocycles. The van der Waals surface area contributed by atoms with Crippen LogP contribution in [0.3, 0.4) is 0 Å². The number of nitrogens with zero attached hydrogens (tertiary/aromatic N) is 1. The quantitative estimate of drug-likeness (QED) is 0.678. The zero-order valence-electron chi connectivity index (χ0n) is 11.8. The minimum atomic E-state index is 1.01. The lowest BCUT2D eigenvalue weighted by molar-refractivity contribution is 0.355. The van der Waals surface area contributed by atoms with Crippen LogP contribution in [0.4, 0.5) is 0 Å². The van der Waals surface area contributed by atoms with Crippen LogP contribution < -0.4 is 10.6 Å². The highest BCUT2D eigenvalue weighted by atomic mass is 15.1. The van der Waals surface area contributed by atoms with Crippen molar-refractivity contribution >= 4 is 0 Å². The fourth-order valence-electron chi connectivity index (χ4n) is 0.986. The summed E-state index contributed by atoms with van der Waals surface area (Å²) in [6.45, 7) is 9.45. The smallest absolute Gasteiger partial charge is 0.0293 e. The highest BCUT2D eigenvalue weighted by Gasteiger charge is 1.93. The predicted molar refractivity (Wildman–Crippen MR) is 74.7 cm³/mol. The number of nitrogens with one attached hydrogen (secondary N) is 2. The molecule has 0 unspecified atom stereocenters. The molecule has 0 saturated carbocycles. The fraction of sp³-hybridized carbons (Fsp3) is 0.692. The van der Waals surface area contributed by atoms with E-state index < -0.39 is 0 Å². The van der Waals surface area contributed by atoms with Gasteiger partial charge < -0.3 is 15.5 Å². The molecule has 0 amide bonds. The number of hydrogen-bond acceptors (Lipinski definition) is 3. The summed E-state index contributed by atoms with van der Waals surface area (Å²) in [6.07, 6.45) is 6.23. The van der Waals surface area contributed by atoms with Gasteiger partial charge in [-0.25, -0.2) is 0 Å². The van der Waals surface area contributed by atoms with E-state index in [2.05, 4.69) is 41.7 Å². The molecule has 0 aromatic rings. The Morgan fingerprint density at radius 3 is 2.19 bits per heavy atom. The molecule has 16 heavy (non-hydrogen) atoms. The van der Waals surface area contributed by atoms with E-state index in [0.29, 0.717) is 0 Å². The molecule has 0 bridgehead atoms. The summed E-state index contributed by atoms with van der Waals surface area (Å²) >= 11 is 0. The van der Waals surface area contributed by atoms with E-state index in [1.54, 1.807) is 0 Å². The summed E-state index contributed by atoms with van der Waals surface area (Å²) in [6, 6.07) is 0. The first-order valence-electron chi connectivity index (χ1n) is 5.96. The maximum absolute atomic E-state index is 3.37. The summed E-state index contributed by atoms with van der Waals surface area (Å²) in [5, 5.41) is 6.12. The van der Waals surface area contributed by atoms with Gasteiger partial charge >= 0.3 is 0 Å². The van der Waals surface area contributed by atoms with Crippen molar-refractivity contribution in [3.63, 3.8) is 0 Å². The molecule has 0 fully saturated rings. The second-order valence-corrected chi connectivity index (χ2v) is 3.57. The van der Waals surface area contributed by atoms with E-state index in [0.717, 1.165) is 19.6 Å². The molecule has 0 spiro atoms. The van der Waals surface area contributed by atoms with Crippen LogP contribution in [-0.2, 0) is 0 Å². The first-order chi connectivity index (χ1) is 7.65. The fourth-order valence-corrected chi connectivity index (χ4v) is 0.986. The molecule has 3 heteroatoms. The van der Waals surface area contributed by atoms with Crippen LogP contribution >= 0.6 is 0 Å². The van der Waals surface area contributed by atoms with Gasteiger partial charge in [0.25, 0.3) is 0 Å². The van der Waals surface area contributed by atoms with Gasteiger partial charge in [0.05, 0.1) is 0 Å². The lowest BCUT2D eigenvalue weighted by Crippen LogP contribution is -2.28. The topological polar surface area (TPSA) is 27.3 Å². The minimum Gasteiger partial charge on any atom is -0.384 e. The first kappa shape index (κ1) is 17.6. The van der Waals surface area contributed by atoms with E-state index in [-0.39, 0.29) is 0 Å². The van der Waals surface area contributed by atoms with Gasteiger partial charge in [-0.1, -0.05) is 19.1 Å².